The van der Waals surface area contributed by atoms with Crippen molar-refractivity contribution >= 4 is 22.4 Å². The fourth-order valence-corrected chi connectivity index (χ4v) is 14.8. The summed E-state index contributed by atoms with van der Waals surface area (Å²) in [7, 11) is -2.44. The summed E-state index contributed by atoms with van der Waals surface area (Å²) in [6.07, 6.45) is 4.49. The van der Waals surface area contributed by atoms with Crippen LogP contribution in [0.1, 0.15) is 31.2 Å². The number of benzene rings is 1. The van der Waals surface area contributed by atoms with E-state index in [0.29, 0.717) is 11.2 Å². The highest BCUT2D eigenvalue weighted by Crippen LogP contribution is 2.24. The Kier molecular flexibility index (Phi) is 6.60. The topological polar surface area (TPSA) is 12.4 Å². The van der Waals surface area contributed by atoms with Gasteiger partial charge in [-0.25, -0.2) is 0 Å². The molecule has 1 rings (SSSR count). The summed E-state index contributed by atoms with van der Waals surface area (Å²) in [5, 5.41) is 0.623. The number of aliphatic imine (C=N–C) groups is 1. The first-order valence-corrected chi connectivity index (χ1v) is 15.4. The van der Waals surface area contributed by atoms with Crippen molar-refractivity contribution in [2.75, 3.05) is 0 Å². The minimum Gasteiger partial charge on any atom is -0.301 e. The predicted octanol–water partition coefficient (Wildman–Crippen LogP) is 5.76. The van der Waals surface area contributed by atoms with Crippen molar-refractivity contribution in [2.24, 2.45) is 4.99 Å². The zero-order chi connectivity index (χ0) is 16.1. The number of hydrogen-bond acceptors (Lipinski definition) is 1. The first kappa shape index (κ1) is 18.4. The van der Waals surface area contributed by atoms with E-state index in [0.717, 1.165) is 6.42 Å². The third-order valence-electron chi connectivity index (χ3n) is 4.05. The molecule has 0 aliphatic rings. The SMILES string of the molecule is CCC(C/C=N/C([Si](C)(C)C)[Si](C)(C)C)c1ccccc1. The normalized spacial score (nSPS) is 14.9. The van der Waals surface area contributed by atoms with Crippen LogP contribution in [0.4, 0.5) is 0 Å². The van der Waals surface area contributed by atoms with E-state index in [2.05, 4.69) is 82.8 Å². The zero-order valence-electron chi connectivity index (χ0n) is 15.0. The summed E-state index contributed by atoms with van der Waals surface area (Å²) in [5.74, 6) is 0.610. The molecular weight excluding hydrogens is 286 g/mol. The van der Waals surface area contributed by atoms with E-state index in [1.165, 1.54) is 12.0 Å². The average Bonchev–Trinajstić information content (AvgIpc) is 2.37. The molecule has 3 heteroatoms. The summed E-state index contributed by atoms with van der Waals surface area (Å²) in [4.78, 5) is 5.08. The highest BCUT2D eigenvalue weighted by Gasteiger charge is 2.36. The van der Waals surface area contributed by atoms with Gasteiger partial charge < -0.3 is 4.99 Å². The quantitative estimate of drug-likeness (QED) is 0.447. The van der Waals surface area contributed by atoms with Crippen molar-refractivity contribution in [3.63, 3.8) is 0 Å². The largest absolute Gasteiger partial charge is 0.301 e. The molecule has 0 aromatic heterocycles. The van der Waals surface area contributed by atoms with E-state index in [1.807, 2.05) is 0 Å². The first-order valence-electron chi connectivity index (χ1n) is 8.22. The number of hydrogen-bond donors (Lipinski definition) is 0. The second kappa shape index (κ2) is 7.55. The Hall–Kier alpha value is -0.676. The molecule has 118 valence electrons. The molecule has 0 saturated carbocycles. The monoisotopic (exact) mass is 319 g/mol. The van der Waals surface area contributed by atoms with Crippen LogP contribution in [0.5, 0.6) is 0 Å². The van der Waals surface area contributed by atoms with Gasteiger partial charge in [-0.1, -0.05) is 76.5 Å². The van der Waals surface area contributed by atoms with Crippen LogP contribution in [0.3, 0.4) is 0 Å². The Labute approximate surface area is 133 Å². The van der Waals surface area contributed by atoms with Crippen LogP contribution in [0.25, 0.3) is 0 Å². The maximum atomic E-state index is 5.08. The van der Waals surface area contributed by atoms with E-state index in [1.54, 1.807) is 0 Å². The average molecular weight is 320 g/mol. The summed E-state index contributed by atoms with van der Waals surface area (Å²) in [6, 6.07) is 10.9. The third-order valence-corrected chi connectivity index (χ3v) is 12.8. The Morgan fingerprint density at radius 1 is 0.952 bits per heavy atom. The predicted molar refractivity (Wildman–Crippen MR) is 103 cm³/mol. The molecule has 0 bridgehead atoms. The summed E-state index contributed by atoms with van der Waals surface area (Å²) in [5.41, 5.74) is 1.45. The second-order valence-electron chi connectivity index (χ2n) is 8.22. The van der Waals surface area contributed by atoms with Crippen molar-refractivity contribution < 1.29 is 0 Å². The molecule has 0 heterocycles. The summed E-state index contributed by atoms with van der Waals surface area (Å²) < 4.78 is 0. The summed E-state index contributed by atoms with van der Waals surface area (Å²) >= 11 is 0. The van der Waals surface area contributed by atoms with Crippen molar-refractivity contribution in [1.82, 2.24) is 0 Å². The molecule has 0 saturated heterocycles. The van der Waals surface area contributed by atoms with E-state index >= 15 is 0 Å². The minimum atomic E-state index is -1.22. The number of rotatable bonds is 7. The first-order chi connectivity index (χ1) is 9.66. The lowest BCUT2D eigenvalue weighted by atomic mass is 9.94. The van der Waals surface area contributed by atoms with Crippen LogP contribution in [0, 0.1) is 0 Å². The van der Waals surface area contributed by atoms with Crippen molar-refractivity contribution in [2.45, 2.75) is 70.3 Å². The molecule has 1 unspecified atom stereocenters. The molecular formula is C18H33NSi2. The lowest BCUT2D eigenvalue weighted by Gasteiger charge is -2.35. The maximum Gasteiger partial charge on any atom is 0.0693 e. The van der Waals surface area contributed by atoms with Crippen LogP contribution in [-0.4, -0.2) is 27.7 Å². The second-order valence-corrected chi connectivity index (χ2v) is 19.4. The van der Waals surface area contributed by atoms with Gasteiger partial charge in [0.2, 0.25) is 0 Å². The maximum absolute atomic E-state index is 5.08. The van der Waals surface area contributed by atoms with Gasteiger partial charge in [-0.3, -0.25) is 0 Å². The molecule has 0 aliphatic carbocycles. The molecule has 1 nitrogen and oxygen atoms in total. The molecule has 0 spiro atoms. The summed E-state index contributed by atoms with van der Waals surface area (Å²) in [6.45, 7) is 17.0. The Morgan fingerprint density at radius 3 is 1.90 bits per heavy atom. The van der Waals surface area contributed by atoms with Crippen LogP contribution in [-0.2, 0) is 0 Å². The van der Waals surface area contributed by atoms with Gasteiger partial charge in [-0.2, -0.15) is 0 Å². The van der Waals surface area contributed by atoms with E-state index in [-0.39, 0.29) is 0 Å². The Morgan fingerprint density at radius 2 is 1.48 bits per heavy atom. The van der Waals surface area contributed by atoms with E-state index in [9.17, 15) is 0 Å². The fourth-order valence-electron chi connectivity index (χ4n) is 3.30. The van der Waals surface area contributed by atoms with Gasteiger partial charge in [-0.05, 0) is 30.5 Å². The molecule has 21 heavy (non-hydrogen) atoms. The van der Waals surface area contributed by atoms with E-state index < -0.39 is 16.1 Å². The number of nitrogens with zero attached hydrogens (tertiary/aromatic N) is 1. The molecule has 1 aromatic rings. The van der Waals surface area contributed by atoms with Crippen LogP contribution in [0.2, 0.25) is 39.3 Å². The van der Waals surface area contributed by atoms with Gasteiger partial charge in [0.25, 0.3) is 0 Å². The van der Waals surface area contributed by atoms with Crippen molar-refractivity contribution in [3.8, 4) is 0 Å². The smallest absolute Gasteiger partial charge is 0.0693 e. The lowest BCUT2D eigenvalue weighted by molar-refractivity contribution is 0.695. The highest BCUT2D eigenvalue weighted by atomic mass is 28.4. The fraction of sp³-hybridized carbons (Fsp3) is 0.611. The van der Waals surface area contributed by atoms with Gasteiger partial charge in [-0.15, -0.1) is 0 Å². The standard InChI is InChI=1S/C18H33NSi2/c1-8-16(17-12-10-9-11-13-17)14-15-19-18(20(2,3)4)21(5,6)7/h9-13,15-16,18H,8,14H2,1-7H3/b19-15+. The van der Waals surface area contributed by atoms with Crippen LogP contribution >= 0.6 is 0 Å². The molecule has 1 atom stereocenters. The Balaban J connectivity index is 2.79. The Bertz CT molecular complexity index is 427. The minimum absolute atomic E-state index is 0.610. The molecule has 1 aromatic carbocycles. The van der Waals surface area contributed by atoms with Gasteiger partial charge in [0.15, 0.2) is 0 Å². The van der Waals surface area contributed by atoms with E-state index in [4.69, 9.17) is 4.99 Å². The molecule has 0 N–H and O–H groups in total. The molecule has 0 amide bonds. The van der Waals surface area contributed by atoms with Crippen LogP contribution in [0.15, 0.2) is 35.3 Å². The van der Waals surface area contributed by atoms with Gasteiger partial charge in [0, 0.05) is 5.29 Å². The molecule has 0 radical (unpaired) electrons. The third kappa shape index (κ3) is 5.91. The lowest BCUT2D eigenvalue weighted by Crippen LogP contribution is -2.52. The highest BCUT2D eigenvalue weighted by molar-refractivity contribution is 6.96. The van der Waals surface area contributed by atoms with Crippen LogP contribution < -0.4 is 0 Å². The van der Waals surface area contributed by atoms with Gasteiger partial charge >= 0.3 is 0 Å². The van der Waals surface area contributed by atoms with Gasteiger partial charge in [0.1, 0.15) is 0 Å². The molecule has 0 aliphatic heterocycles. The molecule has 0 fully saturated rings. The van der Waals surface area contributed by atoms with Crippen molar-refractivity contribution in [3.05, 3.63) is 35.9 Å². The zero-order valence-corrected chi connectivity index (χ0v) is 17.0. The van der Waals surface area contributed by atoms with Gasteiger partial charge in [0.05, 0.1) is 16.1 Å². The van der Waals surface area contributed by atoms with Crippen molar-refractivity contribution in [1.29, 1.82) is 0 Å².